The van der Waals surface area contributed by atoms with Gasteiger partial charge in [-0.05, 0) is 4.93 Å². The molecule has 0 unspecified atom stereocenters. The molecule has 3 aromatic heterocycles. The van der Waals surface area contributed by atoms with Crippen LogP contribution in [-0.4, -0.2) is 27.1 Å². The number of aromatic nitrogens is 3. The van der Waals surface area contributed by atoms with Crippen molar-refractivity contribution in [3.63, 3.8) is 0 Å². The Morgan fingerprint density at radius 1 is 0.656 bits per heavy atom. The third kappa shape index (κ3) is 24.2. The van der Waals surface area contributed by atoms with Crippen LogP contribution in [0, 0.1) is 59.1 Å². The van der Waals surface area contributed by atoms with Gasteiger partial charge in [-0.3, -0.25) is 21.1 Å². The van der Waals surface area contributed by atoms with E-state index in [1.807, 2.05) is 43.9 Å². The predicted octanol–water partition coefficient (Wildman–Crippen LogP) is 6.97. The Hall–Kier alpha value is 1.03. The van der Waals surface area contributed by atoms with Crippen molar-refractivity contribution in [2.24, 2.45) is 0 Å². The zero-order valence-electron chi connectivity index (χ0n) is 18.7. The molecule has 171 valence electrons. The molecule has 3 radical (unpaired) electrons. The van der Waals surface area contributed by atoms with Crippen LogP contribution in [-0.2, 0) is 98.1 Å². The number of halogens is 2. The van der Waals surface area contributed by atoms with E-state index in [1.165, 1.54) is 18.2 Å². The van der Waals surface area contributed by atoms with Gasteiger partial charge in [-0.1, -0.05) is 50.8 Å². The van der Waals surface area contributed by atoms with Gasteiger partial charge in [-0.15, -0.1) is 17.1 Å². The molecule has 0 aliphatic rings. The fraction of sp³-hybridized carbons (Fsp3) is 0.250. The summed E-state index contributed by atoms with van der Waals surface area (Å²) in [7, 11) is 0.500. The number of aromatic amines is 3. The third-order valence-corrected chi connectivity index (χ3v) is 2.87. The second-order valence-corrected chi connectivity index (χ2v) is 5.10. The molecule has 3 aromatic rings. The SMILES string of the molecule is C.CF.CI.[CH-]=Cc1[c-][nH]c(C)c1.[CH-]=Cc1[c-][nH]c(C)c1.[CH-]=Cc1[c-][nH]c(C)c1.[Y].[Y].[Y]. The van der Waals surface area contributed by atoms with Gasteiger partial charge in [0, 0.05) is 98.1 Å². The van der Waals surface area contributed by atoms with E-state index in [1.54, 1.807) is 0 Å². The van der Waals surface area contributed by atoms with Crippen LogP contribution < -0.4 is 0 Å². The Labute approximate surface area is 284 Å². The maximum atomic E-state index is 9.50. The molecule has 8 heteroatoms. The van der Waals surface area contributed by atoms with Crippen LogP contribution in [0.2, 0.25) is 0 Å². The maximum absolute atomic E-state index is 9.50. The van der Waals surface area contributed by atoms with Crippen molar-refractivity contribution < 1.29 is 103 Å². The van der Waals surface area contributed by atoms with E-state index in [4.69, 9.17) is 19.7 Å². The topological polar surface area (TPSA) is 47.4 Å². The Morgan fingerprint density at radius 3 is 0.906 bits per heavy atom. The Morgan fingerprint density at radius 2 is 0.844 bits per heavy atom. The smallest absolute Gasteiger partial charge is 0.0785 e. The Balaban J connectivity index is -0.0000000693. The molecular weight excluding hydrogens is 743 g/mol. The molecule has 32 heavy (non-hydrogen) atoms. The molecule has 0 aliphatic heterocycles. The summed E-state index contributed by atoms with van der Waals surface area (Å²) in [6.07, 6.45) is 13.1. The molecule has 3 rings (SSSR count). The van der Waals surface area contributed by atoms with E-state index in [-0.39, 0.29) is 106 Å². The summed E-state index contributed by atoms with van der Waals surface area (Å²) in [5.41, 5.74) is 6.01. The van der Waals surface area contributed by atoms with Gasteiger partial charge in [-0.2, -0.15) is 18.6 Å². The molecule has 0 atom stereocenters. The number of nitrogens with one attached hydrogen (secondary N) is 3. The monoisotopic (exact) mass is 774 g/mol. The molecule has 0 aliphatic carbocycles. The number of H-pyrrole nitrogens is 3. The summed E-state index contributed by atoms with van der Waals surface area (Å²) in [4.78, 5) is 10.6. The van der Waals surface area contributed by atoms with Crippen molar-refractivity contribution in [3.8, 4) is 0 Å². The van der Waals surface area contributed by atoms with Crippen LogP contribution >= 0.6 is 22.6 Å². The first-order valence-corrected chi connectivity index (χ1v) is 10.3. The summed E-state index contributed by atoms with van der Waals surface area (Å²) in [5, 5.41) is 0. The normalized spacial score (nSPS) is 7.22. The van der Waals surface area contributed by atoms with Gasteiger partial charge in [0.15, 0.2) is 0 Å². The molecule has 0 saturated carbocycles. The zero-order valence-corrected chi connectivity index (χ0v) is 29.4. The van der Waals surface area contributed by atoms with Crippen molar-refractivity contribution in [3.05, 3.63) is 90.3 Å². The van der Waals surface area contributed by atoms with Gasteiger partial charge >= 0.3 is 0 Å². The number of rotatable bonds is 3. The number of hydrogen-bond acceptors (Lipinski definition) is 0. The molecule has 0 amide bonds. The standard InChI is InChI=1S/3C7H7N.CH3F.CH3I.CH4.3Y/c3*1-3-7-4-6(2)8-5-7;2*1-2;;;;/h3*1,3-4,8H,2H3;2*1H3;1H4;;;/q3*-2;;;;;;. The van der Waals surface area contributed by atoms with E-state index in [0.29, 0.717) is 7.18 Å². The maximum Gasteiger partial charge on any atom is 0.0785 e. The summed E-state index contributed by atoms with van der Waals surface area (Å²) in [5.74, 6) is 0. The van der Waals surface area contributed by atoms with Crippen LogP contribution in [0.1, 0.15) is 41.2 Å². The fourth-order valence-electron chi connectivity index (χ4n) is 1.70. The number of hydrogen-bond donors (Lipinski definition) is 3. The number of aryl methyl sites for hydroxylation is 3. The minimum Gasteiger partial charge on any atom is -0.469 e. The summed E-state index contributed by atoms with van der Waals surface area (Å²) >= 11 is 2.15. The van der Waals surface area contributed by atoms with Crippen LogP contribution in [0.4, 0.5) is 4.39 Å². The van der Waals surface area contributed by atoms with Gasteiger partial charge in [0.1, 0.15) is 0 Å². The van der Waals surface area contributed by atoms with E-state index < -0.39 is 0 Å². The molecule has 0 aromatic carbocycles. The largest absolute Gasteiger partial charge is 0.469 e. The van der Waals surface area contributed by atoms with Gasteiger partial charge in [0.25, 0.3) is 0 Å². The Kier molecular flexibility index (Phi) is 46.4. The van der Waals surface area contributed by atoms with Gasteiger partial charge < -0.3 is 52.9 Å². The van der Waals surface area contributed by atoms with Crippen molar-refractivity contribution >= 4 is 40.8 Å². The van der Waals surface area contributed by atoms with Crippen LogP contribution in [0.15, 0.2) is 18.2 Å². The van der Waals surface area contributed by atoms with Gasteiger partial charge in [0.2, 0.25) is 0 Å². The van der Waals surface area contributed by atoms with E-state index in [0.717, 1.165) is 33.8 Å². The minimum atomic E-state index is 0. The molecule has 3 N–H and O–H groups in total. The summed E-state index contributed by atoms with van der Waals surface area (Å²) in [6.45, 7) is 21.4. The third-order valence-electron chi connectivity index (χ3n) is 2.87. The van der Waals surface area contributed by atoms with Gasteiger partial charge in [0.05, 0.1) is 7.18 Å². The molecule has 0 fully saturated rings. The second-order valence-electron chi connectivity index (χ2n) is 5.10. The van der Waals surface area contributed by atoms with E-state index in [9.17, 15) is 4.39 Å². The van der Waals surface area contributed by atoms with Crippen LogP contribution in [0.25, 0.3) is 18.2 Å². The van der Waals surface area contributed by atoms with Crippen molar-refractivity contribution in [1.82, 2.24) is 15.0 Å². The van der Waals surface area contributed by atoms with E-state index in [2.05, 4.69) is 56.1 Å². The van der Waals surface area contributed by atoms with Crippen LogP contribution in [0.3, 0.4) is 0 Å². The molecule has 3 heterocycles. The molecule has 0 saturated heterocycles. The summed E-state index contributed by atoms with van der Waals surface area (Å²) < 4.78 is 9.50. The molecular formula is C24H31FIN3Y3-6. The predicted molar refractivity (Wildman–Crippen MR) is 133 cm³/mol. The van der Waals surface area contributed by atoms with Crippen LogP contribution in [0.5, 0.6) is 0 Å². The van der Waals surface area contributed by atoms with Crippen molar-refractivity contribution in [2.75, 3.05) is 12.1 Å². The molecule has 0 spiro atoms. The first-order chi connectivity index (χ1) is 13.5. The molecule has 3 nitrogen and oxygen atoms in total. The zero-order chi connectivity index (χ0) is 21.9. The Bertz CT molecular complexity index is 691. The summed E-state index contributed by atoms with van der Waals surface area (Å²) in [6, 6.07) is 5.79. The minimum absolute atomic E-state index is 0. The van der Waals surface area contributed by atoms with Gasteiger partial charge in [-0.25, -0.2) is 18.2 Å². The average Bonchev–Trinajstić information content (AvgIpc) is 3.47. The first kappa shape index (κ1) is 46.4. The van der Waals surface area contributed by atoms with Crippen molar-refractivity contribution in [1.29, 1.82) is 0 Å². The van der Waals surface area contributed by atoms with E-state index >= 15 is 0 Å². The number of alkyl halides is 2. The second kappa shape index (κ2) is 32.0. The molecule has 0 bridgehead atoms. The van der Waals surface area contributed by atoms with Crippen molar-refractivity contribution in [2.45, 2.75) is 28.2 Å². The fourth-order valence-corrected chi connectivity index (χ4v) is 1.70. The quantitative estimate of drug-likeness (QED) is 0.146. The average molecular weight is 774 g/mol. The first-order valence-electron chi connectivity index (χ1n) is 8.10.